The van der Waals surface area contributed by atoms with Crippen LogP contribution in [-0.2, 0) is 11.2 Å². The maximum Gasteiger partial charge on any atom is 0.298 e. The summed E-state index contributed by atoms with van der Waals surface area (Å²) in [5.41, 5.74) is 1.44. The smallest absolute Gasteiger partial charge is 0.298 e. The van der Waals surface area contributed by atoms with E-state index in [1.807, 2.05) is 36.4 Å². The highest BCUT2D eigenvalue weighted by atomic mass is 16.5. The van der Waals surface area contributed by atoms with Crippen LogP contribution in [0.2, 0.25) is 0 Å². The normalized spacial score (nSPS) is 11.6. The summed E-state index contributed by atoms with van der Waals surface area (Å²) in [5.74, 6) is -0.732. The second kappa shape index (κ2) is 11.0. The van der Waals surface area contributed by atoms with E-state index >= 15 is 0 Å². The standard InChI is InChI=1S/C26H34N2O4/c1-4-5-6-7-10-18-28(25-27-22-11-8-9-12-23(22)31-25)19-17-20-13-15-21(16-14-20)32-26(2,3)24(29)30/h8-9,11-16H,4-7,10,17-19H2,1-3H3,(H,29,30)/p-1. The highest BCUT2D eigenvalue weighted by Crippen LogP contribution is 2.23. The van der Waals surface area contributed by atoms with E-state index in [0.29, 0.717) is 11.8 Å². The second-order valence-corrected chi connectivity index (χ2v) is 8.66. The van der Waals surface area contributed by atoms with E-state index in [4.69, 9.17) is 9.15 Å². The number of anilines is 1. The molecule has 0 aliphatic heterocycles. The molecule has 0 unspecified atom stereocenters. The molecule has 0 aliphatic rings. The van der Waals surface area contributed by atoms with Crippen molar-refractivity contribution < 1.29 is 19.1 Å². The lowest BCUT2D eigenvalue weighted by molar-refractivity contribution is -0.320. The van der Waals surface area contributed by atoms with Crippen LogP contribution >= 0.6 is 0 Å². The molecule has 1 aromatic heterocycles. The van der Waals surface area contributed by atoms with Crippen LogP contribution in [-0.4, -0.2) is 29.6 Å². The zero-order valence-electron chi connectivity index (χ0n) is 19.3. The van der Waals surface area contributed by atoms with Crippen molar-refractivity contribution in [3.63, 3.8) is 0 Å². The number of carbonyl (C=O) groups is 1. The van der Waals surface area contributed by atoms with Gasteiger partial charge in [-0.2, -0.15) is 4.98 Å². The van der Waals surface area contributed by atoms with Gasteiger partial charge in [0.25, 0.3) is 6.01 Å². The van der Waals surface area contributed by atoms with Crippen LogP contribution < -0.4 is 14.7 Å². The minimum absolute atomic E-state index is 0.509. The molecular formula is C26H33N2O4-. The molecule has 172 valence electrons. The number of para-hydroxylation sites is 2. The second-order valence-electron chi connectivity index (χ2n) is 8.66. The van der Waals surface area contributed by atoms with E-state index in [9.17, 15) is 9.90 Å². The largest absolute Gasteiger partial charge is 0.546 e. The third-order valence-electron chi connectivity index (χ3n) is 5.54. The number of fused-ring (bicyclic) bond motifs is 1. The third-order valence-corrected chi connectivity index (χ3v) is 5.54. The Balaban J connectivity index is 1.64. The van der Waals surface area contributed by atoms with Gasteiger partial charge in [0.15, 0.2) is 5.58 Å². The van der Waals surface area contributed by atoms with Gasteiger partial charge >= 0.3 is 0 Å². The van der Waals surface area contributed by atoms with Gasteiger partial charge < -0.3 is 24.0 Å². The van der Waals surface area contributed by atoms with Crippen molar-refractivity contribution in [1.82, 2.24) is 4.98 Å². The van der Waals surface area contributed by atoms with E-state index in [1.54, 1.807) is 12.1 Å². The van der Waals surface area contributed by atoms with Crippen molar-refractivity contribution in [2.24, 2.45) is 0 Å². The van der Waals surface area contributed by atoms with Crippen molar-refractivity contribution in [2.45, 2.75) is 64.9 Å². The Hall–Kier alpha value is -3.02. The molecule has 0 bridgehead atoms. The van der Waals surface area contributed by atoms with E-state index < -0.39 is 11.6 Å². The van der Waals surface area contributed by atoms with Crippen molar-refractivity contribution >= 4 is 23.1 Å². The molecule has 2 aromatic carbocycles. The van der Waals surface area contributed by atoms with E-state index in [-0.39, 0.29) is 0 Å². The Morgan fingerprint density at radius 1 is 1.03 bits per heavy atom. The maximum atomic E-state index is 11.2. The molecule has 0 spiro atoms. The lowest BCUT2D eigenvalue weighted by atomic mass is 10.1. The average Bonchev–Trinajstić information content (AvgIpc) is 3.20. The number of carboxylic acids is 1. The van der Waals surface area contributed by atoms with E-state index in [0.717, 1.165) is 42.6 Å². The molecular weight excluding hydrogens is 404 g/mol. The molecule has 0 amide bonds. The summed E-state index contributed by atoms with van der Waals surface area (Å²) in [4.78, 5) is 18.1. The fraction of sp³-hybridized carbons (Fsp3) is 0.462. The Bertz CT molecular complexity index is 961. The summed E-state index contributed by atoms with van der Waals surface area (Å²) < 4.78 is 11.6. The molecule has 0 aliphatic carbocycles. The molecule has 6 nitrogen and oxygen atoms in total. The summed E-state index contributed by atoms with van der Waals surface area (Å²) in [6.07, 6.45) is 6.87. The van der Waals surface area contributed by atoms with Crippen LogP contribution in [0.1, 0.15) is 58.4 Å². The summed E-state index contributed by atoms with van der Waals surface area (Å²) in [5, 5.41) is 11.2. The zero-order chi connectivity index (χ0) is 23.0. The first-order chi connectivity index (χ1) is 15.4. The Morgan fingerprint density at radius 2 is 1.75 bits per heavy atom. The molecule has 6 heteroatoms. The van der Waals surface area contributed by atoms with Crippen molar-refractivity contribution in [2.75, 3.05) is 18.0 Å². The fourth-order valence-electron chi connectivity index (χ4n) is 3.53. The first-order valence-electron chi connectivity index (χ1n) is 11.5. The first kappa shape index (κ1) is 23.6. The Labute approximate surface area is 190 Å². The number of hydrogen-bond donors (Lipinski definition) is 0. The average molecular weight is 438 g/mol. The van der Waals surface area contributed by atoms with E-state index in [1.165, 1.54) is 39.5 Å². The summed E-state index contributed by atoms with van der Waals surface area (Å²) in [6, 6.07) is 16.0. The van der Waals surface area contributed by atoms with Crippen LogP contribution in [0.15, 0.2) is 52.9 Å². The number of hydrogen-bond acceptors (Lipinski definition) is 6. The Kier molecular flexibility index (Phi) is 8.14. The van der Waals surface area contributed by atoms with Gasteiger partial charge in [0, 0.05) is 13.1 Å². The number of oxazole rings is 1. The monoisotopic (exact) mass is 437 g/mol. The lowest BCUT2D eigenvalue weighted by Crippen LogP contribution is -2.47. The topological polar surface area (TPSA) is 78.6 Å². The van der Waals surface area contributed by atoms with Crippen molar-refractivity contribution in [1.29, 1.82) is 0 Å². The quantitative estimate of drug-likeness (QED) is 0.359. The molecule has 3 aromatic rings. The summed E-state index contributed by atoms with van der Waals surface area (Å²) >= 11 is 0. The van der Waals surface area contributed by atoms with Gasteiger partial charge in [0.1, 0.15) is 16.9 Å². The number of ether oxygens (including phenoxy) is 1. The molecule has 0 atom stereocenters. The predicted octanol–water partition coefficient (Wildman–Crippen LogP) is 4.75. The van der Waals surface area contributed by atoms with Gasteiger partial charge in [-0.1, -0.05) is 56.9 Å². The SMILES string of the molecule is CCCCCCCN(CCc1ccc(OC(C)(C)C(=O)[O-])cc1)c1nc2ccccc2o1. The summed E-state index contributed by atoms with van der Waals surface area (Å²) in [6.45, 7) is 6.87. The first-order valence-corrected chi connectivity index (χ1v) is 11.5. The van der Waals surface area contributed by atoms with Gasteiger partial charge in [-0.25, -0.2) is 0 Å². The predicted molar refractivity (Wildman–Crippen MR) is 125 cm³/mol. The van der Waals surface area contributed by atoms with Crippen molar-refractivity contribution in [3.8, 4) is 5.75 Å². The number of aromatic nitrogens is 1. The molecule has 3 rings (SSSR count). The van der Waals surface area contributed by atoms with Crippen LogP contribution in [0.3, 0.4) is 0 Å². The molecule has 0 N–H and O–H groups in total. The van der Waals surface area contributed by atoms with Crippen LogP contribution in [0.5, 0.6) is 5.75 Å². The fourth-order valence-corrected chi connectivity index (χ4v) is 3.53. The molecule has 0 radical (unpaired) electrons. The minimum atomic E-state index is -1.37. The number of unbranched alkanes of at least 4 members (excludes halogenated alkanes) is 4. The molecule has 32 heavy (non-hydrogen) atoms. The molecule has 0 fully saturated rings. The van der Waals surface area contributed by atoms with Gasteiger partial charge in [-0.3, -0.25) is 0 Å². The lowest BCUT2D eigenvalue weighted by Gasteiger charge is -2.27. The number of nitrogens with zero attached hydrogens (tertiary/aromatic N) is 2. The number of benzene rings is 2. The summed E-state index contributed by atoms with van der Waals surface area (Å²) in [7, 11) is 0. The molecule has 0 saturated heterocycles. The number of aliphatic carboxylic acids is 1. The maximum absolute atomic E-state index is 11.2. The van der Waals surface area contributed by atoms with Gasteiger partial charge in [0.2, 0.25) is 0 Å². The van der Waals surface area contributed by atoms with E-state index in [2.05, 4.69) is 16.8 Å². The van der Waals surface area contributed by atoms with Crippen LogP contribution in [0, 0.1) is 0 Å². The van der Waals surface area contributed by atoms with Gasteiger partial charge in [-0.05, 0) is 56.5 Å². The number of carbonyl (C=O) groups excluding carboxylic acids is 1. The minimum Gasteiger partial charge on any atom is -0.546 e. The van der Waals surface area contributed by atoms with Gasteiger partial charge in [-0.15, -0.1) is 0 Å². The molecule has 0 saturated carbocycles. The number of carboxylic acid groups (broad SMARTS) is 1. The van der Waals surface area contributed by atoms with Crippen molar-refractivity contribution in [3.05, 3.63) is 54.1 Å². The third kappa shape index (κ3) is 6.49. The Morgan fingerprint density at radius 3 is 2.44 bits per heavy atom. The number of rotatable bonds is 13. The van der Waals surface area contributed by atoms with Gasteiger partial charge in [0.05, 0.1) is 5.97 Å². The molecule has 1 heterocycles. The highest BCUT2D eigenvalue weighted by molar-refractivity contribution is 5.75. The van der Waals surface area contributed by atoms with Crippen LogP contribution in [0.4, 0.5) is 6.01 Å². The van der Waals surface area contributed by atoms with Crippen LogP contribution in [0.25, 0.3) is 11.1 Å². The highest BCUT2D eigenvalue weighted by Gasteiger charge is 2.21. The zero-order valence-corrected chi connectivity index (χ0v) is 19.3.